The number of fused-ring (bicyclic) bond motifs is 1. The van der Waals surface area contributed by atoms with Gasteiger partial charge in [-0.3, -0.25) is 4.79 Å². The van der Waals surface area contributed by atoms with Gasteiger partial charge in [-0.05, 0) is 122 Å². The lowest BCUT2D eigenvalue weighted by atomic mass is 9.90. The molecule has 2 aliphatic heterocycles. The molecule has 11 nitrogen and oxygen atoms in total. The molecule has 1 N–H and O–H groups in total. The Morgan fingerprint density at radius 1 is 0.925 bits per heavy atom. The highest BCUT2D eigenvalue weighted by Gasteiger charge is 2.38. The van der Waals surface area contributed by atoms with Crippen molar-refractivity contribution in [1.29, 1.82) is 0 Å². The first-order chi connectivity index (χ1) is 25.1. The van der Waals surface area contributed by atoms with Crippen LogP contribution in [0, 0.1) is 17.7 Å². The lowest BCUT2D eigenvalue weighted by Gasteiger charge is -2.35. The Morgan fingerprint density at radius 3 is 2.21 bits per heavy atom. The first-order valence-electron chi connectivity index (χ1n) is 16.9. The first kappa shape index (κ1) is 40.4. The highest BCUT2D eigenvalue weighted by molar-refractivity contribution is 7.89. The molecule has 6 rings (SSSR count). The van der Waals surface area contributed by atoms with E-state index >= 15 is 0 Å². The normalized spacial score (nSPS) is 16.6. The zero-order chi connectivity index (χ0) is 38.3. The van der Waals surface area contributed by atoms with E-state index in [4.69, 9.17) is 37.7 Å². The maximum Gasteiger partial charge on any atom is 0.490 e. The van der Waals surface area contributed by atoms with Gasteiger partial charge in [-0.1, -0.05) is 41.4 Å². The number of hydrogen-bond acceptors (Lipinski definition) is 8. The van der Waals surface area contributed by atoms with Crippen molar-refractivity contribution in [2.45, 2.75) is 49.6 Å². The Hall–Kier alpha value is -3.83. The summed E-state index contributed by atoms with van der Waals surface area (Å²) in [6, 6.07) is 16.8. The van der Waals surface area contributed by atoms with Crippen molar-refractivity contribution < 1.29 is 45.3 Å². The van der Waals surface area contributed by atoms with E-state index in [1.165, 1.54) is 28.1 Å². The van der Waals surface area contributed by atoms with Crippen LogP contribution >= 0.6 is 23.2 Å². The van der Waals surface area contributed by atoms with Crippen LogP contribution in [0.25, 0.3) is 11.0 Å². The fourth-order valence-electron chi connectivity index (χ4n) is 6.53. The largest absolute Gasteiger partial charge is 0.490 e. The summed E-state index contributed by atoms with van der Waals surface area (Å²) in [4.78, 5) is 27.2. The highest BCUT2D eigenvalue weighted by Crippen LogP contribution is 2.32. The van der Waals surface area contributed by atoms with E-state index in [1.54, 1.807) is 35.2 Å². The second-order valence-electron chi connectivity index (χ2n) is 12.9. The van der Waals surface area contributed by atoms with Crippen LogP contribution < -0.4 is 4.90 Å². The maximum atomic E-state index is 14.0. The summed E-state index contributed by atoms with van der Waals surface area (Å²) >= 11 is 12.6. The number of likely N-dealkylation sites (tertiary alicyclic amines) is 1. The van der Waals surface area contributed by atoms with Crippen molar-refractivity contribution in [3.05, 3.63) is 82.1 Å². The van der Waals surface area contributed by atoms with Crippen LogP contribution in [0.4, 0.5) is 23.2 Å². The van der Waals surface area contributed by atoms with E-state index in [0.717, 1.165) is 45.3 Å². The SMILES string of the molecule is O=C(C1CCN(S(=O)(=O)c2cccc3nonc23)CC1)N(CCCN1CCC(Cc2ccc(F)cc2)CC1)c1ccc(Cl)c(Cl)c1.O=C(O)C(F)(F)F. The maximum absolute atomic E-state index is 14.0. The van der Waals surface area contributed by atoms with Gasteiger partial charge in [0.2, 0.25) is 15.9 Å². The third-order valence-electron chi connectivity index (χ3n) is 9.39. The predicted octanol–water partition coefficient (Wildman–Crippen LogP) is 7.08. The minimum atomic E-state index is -5.08. The van der Waals surface area contributed by atoms with Crippen LogP contribution in [-0.2, 0) is 26.0 Å². The summed E-state index contributed by atoms with van der Waals surface area (Å²) < 4.78 is 78.2. The molecular weight excluding hydrogens is 765 g/mol. The number of benzene rings is 3. The number of aliphatic carboxylic acids is 1. The summed E-state index contributed by atoms with van der Waals surface area (Å²) in [5, 5.41) is 15.5. The van der Waals surface area contributed by atoms with Crippen LogP contribution in [0.5, 0.6) is 0 Å². The number of anilines is 1. The number of sulfonamides is 1. The zero-order valence-electron chi connectivity index (χ0n) is 28.3. The molecular formula is C35H37Cl2F4N5O6S. The van der Waals surface area contributed by atoms with Crippen molar-refractivity contribution >= 4 is 61.8 Å². The molecule has 0 radical (unpaired) electrons. The molecule has 0 spiro atoms. The molecule has 0 atom stereocenters. The summed E-state index contributed by atoms with van der Waals surface area (Å²) in [5.74, 6) is -2.77. The van der Waals surface area contributed by atoms with Gasteiger partial charge in [-0.15, -0.1) is 0 Å². The molecule has 2 aliphatic rings. The number of hydrogen-bond donors (Lipinski definition) is 1. The van der Waals surface area contributed by atoms with Gasteiger partial charge in [0, 0.05) is 31.2 Å². The van der Waals surface area contributed by atoms with E-state index < -0.39 is 22.2 Å². The molecule has 0 aliphatic carbocycles. The second-order valence-corrected chi connectivity index (χ2v) is 15.6. The molecule has 2 saturated heterocycles. The van der Waals surface area contributed by atoms with Crippen molar-refractivity contribution in [3.8, 4) is 0 Å². The fourth-order valence-corrected chi connectivity index (χ4v) is 8.43. The Balaban J connectivity index is 0.000000705. The molecule has 3 heterocycles. The van der Waals surface area contributed by atoms with Gasteiger partial charge in [0.1, 0.15) is 16.2 Å². The van der Waals surface area contributed by atoms with Crippen LogP contribution in [0.15, 0.2) is 70.2 Å². The van der Waals surface area contributed by atoms with Crippen molar-refractivity contribution in [2.75, 3.05) is 44.2 Å². The van der Waals surface area contributed by atoms with Gasteiger partial charge in [-0.2, -0.15) is 17.5 Å². The first-order valence-corrected chi connectivity index (χ1v) is 19.1. The van der Waals surface area contributed by atoms with Gasteiger partial charge in [0.05, 0.1) is 10.0 Å². The van der Waals surface area contributed by atoms with E-state index in [0.29, 0.717) is 46.6 Å². The second kappa shape index (κ2) is 17.5. The quantitative estimate of drug-likeness (QED) is 0.167. The number of carbonyl (C=O) groups excluding carboxylic acids is 1. The minimum Gasteiger partial charge on any atom is -0.475 e. The lowest BCUT2D eigenvalue weighted by molar-refractivity contribution is -0.192. The standard InChI is InChI=1S/C33H36Cl2FN5O4S.C2HF3O2/c34-28-10-9-27(22-29(28)35)41(16-2-15-39-17-11-24(12-18-39)21-23-5-7-26(36)8-6-23)33(42)25-13-19-40(20-14-25)46(43,44)31-4-1-3-30-32(31)38-45-37-30;3-2(4,5)1(6)7/h1,3-10,22,24-25H,2,11-21H2;(H,6,7). The molecule has 2 fully saturated rings. The molecule has 1 aromatic heterocycles. The van der Waals surface area contributed by atoms with Crippen molar-refractivity contribution in [1.82, 2.24) is 19.5 Å². The average Bonchev–Trinajstić information content (AvgIpc) is 3.62. The molecule has 0 saturated carbocycles. The Labute approximate surface area is 313 Å². The monoisotopic (exact) mass is 801 g/mol. The molecule has 3 aromatic carbocycles. The Kier molecular flexibility index (Phi) is 13.4. The van der Waals surface area contributed by atoms with Gasteiger partial charge in [-0.25, -0.2) is 22.2 Å². The number of carboxylic acid groups (broad SMARTS) is 1. The van der Waals surface area contributed by atoms with Gasteiger partial charge >= 0.3 is 12.1 Å². The van der Waals surface area contributed by atoms with E-state index in [2.05, 4.69) is 15.2 Å². The van der Waals surface area contributed by atoms with Crippen LogP contribution in [0.3, 0.4) is 0 Å². The van der Waals surface area contributed by atoms with Gasteiger partial charge in [0.25, 0.3) is 0 Å². The Morgan fingerprint density at radius 2 is 1.58 bits per heavy atom. The third-order valence-corrected chi connectivity index (χ3v) is 12.1. The van der Waals surface area contributed by atoms with E-state index in [9.17, 15) is 30.8 Å². The van der Waals surface area contributed by atoms with Gasteiger partial charge in [0.15, 0.2) is 5.52 Å². The summed E-state index contributed by atoms with van der Waals surface area (Å²) in [6.07, 6.45) is -0.403. The third kappa shape index (κ3) is 10.4. The number of piperidine rings is 2. The molecule has 0 bridgehead atoms. The number of rotatable bonds is 10. The number of carbonyl (C=O) groups is 2. The molecule has 18 heteroatoms. The zero-order valence-corrected chi connectivity index (χ0v) is 30.6. The lowest BCUT2D eigenvalue weighted by Crippen LogP contribution is -2.45. The molecule has 4 aromatic rings. The van der Waals surface area contributed by atoms with Gasteiger partial charge < -0.3 is 14.9 Å². The van der Waals surface area contributed by atoms with Crippen molar-refractivity contribution in [3.63, 3.8) is 0 Å². The smallest absolute Gasteiger partial charge is 0.475 e. The molecule has 0 unspecified atom stereocenters. The van der Waals surface area contributed by atoms with Crippen LogP contribution in [0.2, 0.25) is 10.0 Å². The van der Waals surface area contributed by atoms with Crippen LogP contribution in [0.1, 0.15) is 37.7 Å². The average molecular weight is 803 g/mol. The minimum absolute atomic E-state index is 0.0451. The molecule has 53 heavy (non-hydrogen) atoms. The molecule has 1 amide bonds. The van der Waals surface area contributed by atoms with E-state index in [-0.39, 0.29) is 41.1 Å². The van der Waals surface area contributed by atoms with E-state index in [1.807, 2.05) is 12.1 Å². The fraction of sp³-hybridized carbons (Fsp3) is 0.429. The summed E-state index contributed by atoms with van der Waals surface area (Å²) in [5.41, 5.74) is 2.42. The topological polar surface area (TPSA) is 137 Å². The number of carboxylic acids is 1. The van der Waals surface area contributed by atoms with Crippen LogP contribution in [-0.4, -0.2) is 90.4 Å². The summed E-state index contributed by atoms with van der Waals surface area (Å²) in [7, 11) is -3.85. The molecule has 286 valence electrons. The van der Waals surface area contributed by atoms with Crippen molar-refractivity contribution in [2.24, 2.45) is 11.8 Å². The highest BCUT2D eigenvalue weighted by atomic mass is 35.5. The number of alkyl halides is 3. The number of amides is 1. The number of nitrogens with zero attached hydrogens (tertiary/aromatic N) is 5. The summed E-state index contributed by atoms with van der Waals surface area (Å²) in [6.45, 7) is 3.75. The number of aromatic nitrogens is 2. The number of halogens is 6. The Bertz CT molecular complexity index is 1980. The predicted molar refractivity (Wildman–Crippen MR) is 190 cm³/mol.